The lowest BCUT2D eigenvalue weighted by Gasteiger charge is -1.93. The number of carboxylic acids is 1. The molecule has 3 heteroatoms. The van der Waals surface area contributed by atoms with Gasteiger partial charge in [0.25, 0.3) is 0 Å². The molecule has 0 rings (SSSR count). The van der Waals surface area contributed by atoms with E-state index in [9.17, 15) is 4.79 Å². The average Bonchev–Trinajstić information content (AvgIpc) is 2.02. The maximum Gasteiger partial charge on any atom is 0.308 e. The van der Waals surface area contributed by atoms with Gasteiger partial charge in [-0.05, 0) is 6.42 Å². The van der Waals surface area contributed by atoms with Gasteiger partial charge in [-0.1, -0.05) is 26.2 Å². The number of hydrogen-bond donors (Lipinski definition) is 1. The molecule has 70 valence electrons. The summed E-state index contributed by atoms with van der Waals surface area (Å²) in [6.45, 7) is 2.93. The van der Waals surface area contributed by atoms with Crippen LogP contribution in [0.1, 0.15) is 39.0 Å². The molecule has 0 aromatic rings. The van der Waals surface area contributed by atoms with Crippen molar-refractivity contribution in [3.05, 3.63) is 0 Å². The van der Waals surface area contributed by atoms with E-state index in [4.69, 9.17) is 5.11 Å². The summed E-state index contributed by atoms with van der Waals surface area (Å²) in [5, 5.41) is 8.26. The molecule has 12 heavy (non-hydrogen) atoms. The Morgan fingerprint density at radius 3 is 2.75 bits per heavy atom. The van der Waals surface area contributed by atoms with E-state index in [1.807, 2.05) is 0 Å². The molecular weight excluding hydrogens is 154 g/mol. The first-order chi connectivity index (χ1) is 5.77. The molecule has 3 nitrogen and oxygen atoms in total. The minimum absolute atomic E-state index is 0.0494. The molecule has 0 heterocycles. The topological polar surface area (TPSA) is 49.7 Å². The summed E-state index contributed by atoms with van der Waals surface area (Å²) in [5.41, 5.74) is 0. The van der Waals surface area contributed by atoms with Gasteiger partial charge in [0, 0.05) is 12.8 Å². The fourth-order valence-electron chi connectivity index (χ4n) is 0.864. The van der Waals surface area contributed by atoms with E-state index in [1.165, 1.54) is 25.5 Å². The highest BCUT2D eigenvalue weighted by molar-refractivity contribution is 5.84. The van der Waals surface area contributed by atoms with Crippen molar-refractivity contribution in [2.45, 2.75) is 39.0 Å². The number of carbonyl (C=O) groups is 1. The predicted octanol–water partition coefficient (Wildman–Crippen LogP) is 2.11. The molecule has 0 aliphatic rings. The lowest BCUT2D eigenvalue weighted by molar-refractivity contribution is -0.135. The molecule has 0 saturated heterocycles. The highest BCUT2D eigenvalue weighted by atomic mass is 16.4. The zero-order valence-corrected chi connectivity index (χ0v) is 7.62. The van der Waals surface area contributed by atoms with Crippen LogP contribution in [-0.2, 0) is 4.79 Å². The van der Waals surface area contributed by atoms with Crippen molar-refractivity contribution in [1.29, 1.82) is 0 Å². The summed E-state index contributed by atoms with van der Waals surface area (Å²) in [6.07, 6.45) is 6.26. The number of aliphatic carboxylic acids is 1. The maximum absolute atomic E-state index is 10.0. The molecule has 0 atom stereocenters. The molecule has 1 N–H and O–H groups in total. The van der Waals surface area contributed by atoms with Crippen molar-refractivity contribution in [3.63, 3.8) is 0 Å². The predicted molar refractivity (Wildman–Crippen MR) is 49.8 cm³/mol. The van der Waals surface area contributed by atoms with E-state index in [1.54, 1.807) is 0 Å². The van der Waals surface area contributed by atoms with Crippen LogP contribution in [0, 0.1) is 0 Å². The van der Waals surface area contributed by atoms with Gasteiger partial charge in [0.2, 0.25) is 0 Å². The Hall–Kier alpha value is -0.860. The zero-order chi connectivity index (χ0) is 9.23. The van der Waals surface area contributed by atoms with Crippen LogP contribution in [0.5, 0.6) is 0 Å². The van der Waals surface area contributed by atoms with E-state index in [0.717, 1.165) is 13.0 Å². The number of unbranched alkanes of at least 4 members (excludes halogenated alkanes) is 3. The van der Waals surface area contributed by atoms with Gasteiger partial charge in [-0.2, -0.15) is 0 Å². The SMILES string of the molecule is CCCCCCN=CCC(=O)O. The second-order valence-corrected chi connectivity index (χ2v) is 2.75. The Morgan fingerprint density at radius 2 is 2.17 bits per heavy atom. The third-order valence-corrected chi connectivity index (χ3v) is 1.54. The van der Waals surface area contributed by atoms with Gasteiger partial charge < -0.3 is 5.11 Å². The molecule has 0 bridgehead atoms. The van der Waals surface area contributed by atoms with Crippen LogP contribution in [0.2, 0.25) is 0 Å². The van der Waals surface area contributed by atoms with E-state index in [-0.39, 0.29) is 6.42 Å². The highest BCUT2D eigenvalue weighted by Gasteiger charge is 1.89. The molecule has 0 fully saturated rings. The maximum atomic E-state index is 10.0. The summed E-state index contributed by atoms with van der Waals surface area (Å²) >= 11 is 0. The van der Waals surface area contributed by atoms with E-state index in [2.05, 4.69) is 11.9 Å². The quantitative estimate of drug-likeness (QED) is 0.471. The minimum Gasteiger partial charge on any atom is -0.481 e. The Balaban J connectivity index is 3.08. The van der Waals surface area contributed by atoms with Crippen molar-refractivity contribution in [2.75, 3.05) is 6.54 Å². The molecule has 0 aliphatic carbocycles. The monoisotopic (exact) mass is 171 g/mol. The Kier molecular flexibility index (Phi) is 7.65. The van der Waals surface area contributed by atoms with Crippen LogP contribution in [0.4, 0.5) is 0 Å². The van der Waals surface area contributed by atoms with Crippen molar-refractivity contribution < 1.29 is 9.90 Å². The Bertz CT molecular complexity index is 143. The molecule has 0 amide bonds. The van der Waals surface area contributed by atoms with Crippen LogP contribution in [-0.4, -0.2) is 23.8 Å². The first-order valence-corrected chi connectivity index (χ1v) is 4.47. The molecule has 0 aliphatic heterocycles. The highest BCUT2D eigenvalue weighted by Crippen LogP contribution is 1.98. The standard InChI is InChI=1S/C9H17NO2/c1-2-3-4-5-7-10-8-6-9(11)12/h8H,2-7H2,1H3,(H,11,12). The Morgan fingerprint density at radius 1 is 1.42 bits per heavy atom. The molecule has 0 radical (unpaired) electrons. The lowest BCUT2D eigenvalue weighted by atomic mass is 10.2. The van der Waals surface area contributed by atoms with Crippen molar-refractivity contribution in [1.82, 2.24) is 0 Å². The van der Waals surface area contributed by atoms with Gasteiger partial charge in [0.15, 0.2) is 0 Å². The minimum atomic E-state index is -0.813. The largest absolute Gasteiger partial charge is 0.481 e. The summed E-state index contributed by atoms with van der Waals surface area (Å²) in [7, 11) is 0. The van der Waals surface area contributed by atoms with Crippen molar-refractivity contribution in [3.8, 4) is 0 Å². The normalized spacial score (nSPS) is 10.8. The van der Waals surface area contributed by atoms with Gasteiger partial charge >= 0.3 is 5.97 Å². The smallest absolute Gasteiger partial charge is 0.308 e. The number of carboxylic acid groups (broad SMARTS) is 1. The van der Waals surface area contributed by atoms with Gasteiger partial charge in [-0.25, -0.2) is 0 Å². The third-order valence-electron chi connectivity index (χ3n) is 1.54. The van der Waals surface area contributed by atoms with Crippen molar-refractivity contribution >= 4 is 12.2 Å². The Labute approximate surface area is 73.5 Å². The zero-order valence-electron chi connectivity index (χ0n) is 7.62. The lowest BCUT2D eigenvalue weighted by Crippen LogP contribution is -1.94. The summed E-state index contributed by atoms with van der Waals surface area (Å²) in [6, 6.07) is 0. The first kappa shape index (κ1) is 11.1. The average molecular weight is 171 g/mol. The van der Waals surface area contributed by atoms with Crippen LogP contribution in [0.3, 0.4) is 0 Å². The number of hydrogen-bond acceptors (Lipinski definition) is 2. The fraction of sp³-hybridized carbons (Fsp3) is 0.778. The first-order valence-electron chi connectivity index (χ1n) is 4.47. The van der Waals surface area contributed by atoms with Crippen LogP contribution in [0.15, 0.2) is 4.99 Å². The molecule has 0 aromatic carbocycles. The van der Waals surface area contributed by atoms with E-state index >= 15 is 0 Å². The fourth-order valence-corrected chi connectivity index (χ4v) is 0.864. The van der Waals surface area contributed by atoms with Crippen LogP contribution >= 0.6 is 0 Å². The molecule has 0 spiro atoms. The van der Waals surface area contributed by atoms with E-state index in [0.29, 0.717) is 0 Å². The molecular formula is C9H17NO2. The van der Waals surface area contributed by atoms with Gasteiger partial charge in [0.05, 0.1) is 6.42 Å². The second kappa shape index (κ2) is 8.24. The molecule has 0 saturated carbocycles. The third kappa shape index (κ3) is 9.14. The summed E-state index contributed by atoms with van der Waals surface area (Å²) < 4.78 is 0. The van der Waals surface area contributed by atoms with Crippen LogP contribution < -0.4 is 0 Å². The molecule has 0 aromatic heterocycles. The number of rotatable bonds is 7. The van der Waals surface area contributed by atoms with E-state index < -0.39 is 5.97 Å². The molecule has 0 unspecified atom stereocenters. The van der Waals surface area contributed by atoms with Gasteiger partial charge in [-0.15, -0.1) is 0 Å². The second-order valence-electron chi connectivity index (χ2n) is 2.75. The van der Waals surface area contributed by atoms with Gasteiger partial charge in [0.1, 0.15) is 0 Å². The summed E-state index contributed by atoms with van der Waals surface area (Å²) in [4.78, 5) is 14.0. The number of nitrogens with zero attached hydrogens (tertiary/aromatic N) is 1. The summed E-state index contributed by atoms with van der Waals surface area (Å²) in [5.74, 6) is -0.813. The van der Waals surface area contributed by atoms with Crippen molar-refractivity contribution in [2.24, 2.45) is 4.99 Å². The van der Waals surface area contributed by atoms with Gasteiger partial charge in [-0.3, -0.25) is 9.79 Å². The van der Waals surface area contributed by atoms with Crippen LogP contribution in [0.25, 0.3) is 0 Å². The number of aliphatic imine (C=N–C) groups is 1.